The second-order valence-electron chi connectivity index (χ2n) is 7.60. The van der Waals surface area contributed by atoms with Crippen LogP contribution < -0.4 is 4.74 Å². The molecular formula is C23H24ClNO6S2. The summed E-state index contributed by atoms with van der Waals surface area (Å²) in [5.74, 6) is 0.353. The SMILES string of the molecule is C=CCOc1cc(Cl)c(Cc2ncc(-c3cccs3)s2)cc1[C@@H]1O[C@H](CO)[C@@H](O)[C@H](O)[C@H]1O. The van der Waals surface area contributed by atoms with Gasteiger partial charge in [-0.2, -0.15) is 0 Å². The van der Waals surface area contributed by atoms with Crippen LogP contribution in [0, 0.1) is 0 Å². The van der Waals surface area contributed by atoms with Crippen LogP contribution >= 0.6 is 34.3 Å². The van der Waals surface area contributed by atoms with E-state index in [1.165, 1.54) is 0 Å². The molecule has 3 heterocycles. The maximum absolute atomic E-state index is 10.6. The van der Waals surface area contributed by atoms with Crippen molar-refractivity contribution in [1.82, 2.24) is 4.98 Å². The van der Waals surface area contributed by atoms with E-state index in [0.29, 0.717) is 22.8 Å². The Bertz CT molecular complexity index is 1090. The van der Waals surface area contributed by atoms with Crippen molar-refractivity contribution in [2.45, 2.75) is 36.9 Å². The molecule has 33 heavy (non-hydrogen) atoms. The number of ether oxygens (including phenoxy) is 2. The molecule has 176 valence electrons. The Labute approximate surface area is 204 Å². The monoisotopic (exact) mass is 509 g/mol. The molecule has 7 nitrogen and oxygen atoms in total. The van der Waals surface area contributed by atoms with Gasteiger partial charge in [-0.15, -0.1) is 22.7 Å². The number of halogens is 1. The van der Waals surface area contributed by atoms with Gasteiger partial charge in [0.1, 0.15) is 42.9 Å². The zero-order chi connectivity index (χ0) is 23.5. The zero-order valence-electron chi connectivity index (χ0n) is 17.5. The molecule has 0 amide bonds. The number of thiazole rings is 1. The predicted molar refractivity (Wildman–Crippen MR) is 128 cm³/mol. The van der Waals surface area contributed by atoms with Gasteiger partial charge in [-0.05, 0) is 29.1 Å². The molecule has 4 N–H and O–H groups in total. The molecule has 5 atom stereocenters. The van der Waals surface area contributed by atoms with E-state index in [4.69, 9.17) is 21.1 Å². The van der Waals surface area contributed by atoms with E-state index in [1.54, 1.807) is 40.9 Å². The van der Waals surface area contributed by atoms with Crippen molar-refractivity contribution in [2.24, 2.45) is 0 Å². The molecule has 0 aliphatic carbocycles. The minimum Gasteiger partial charge on any atom is -0.489 e. The van der Waals surface area contributed by atoms with E-state index in [1.807, 2.05) is 23.7 Å². The van der Waals surface area contributed by atoms with Gasteiger partial charge in [0.05, 0.1) is 16.5 Å². The Morgan fingerprint density at radius 1 is 1.18 bits per heavy atom. The van der Waals surface area contributed by atoms with Crippen molar-refractivity contribution in [1.29, 1.82) is 0 Å². The van der Waals surface area contributed by atoms with Gasteiger partial charge in [-0.3, -0.25) is 0 Å². The summed E-state index contributed by atoms with van der Waals surface area (Å²) in [6.45, 7) is 3.32. The Morgan fingerprint density at radius 3 is 2.70 bits per heavy atom. The maximum atomic E-state index is 10.6. The largest absolute Gasteiger partial charge is 0.489 e. The van der Waals surface area contributed by atoms with Crippen molar-refractivity contribution < 1.29 is 29.9 Å². The summed E-state index contributed by atoms with van der Waals surface area (Å²) in [7, 11) is 0. The number of thiophene rings is 1. The smallest absolute Gasteiger partial charge is 0.127 e. The van der Waals surface area contributed by atoms with E-state index in [2.05, 4.69) is 11.6 Å². The van der Waals surface area contributed by atoms with Crippen LogP contribution in [0.4, 0.5) is 0 Å². The second kappa shape index (κ2) is 10.6. The number of aliphatic hydroxyl groups is 4. The van der Waals surface area contributed by atoms with E-state index in [9.17, 15) is 20.4 Å². The maximum Gasteiger partial charge on any atom is 0.127 e. The van der Waals surface area contributed by atoms with Crippen molar-refractivity contribution in [3.05, 3.63) is 69.7 Å². The lowest BCUT2D eigenvalue weighted by atomic mass is 9.90. The van der Waals surface area contributed by atoms with Gasteiger partial charge in [-0.25, -0.2) is 4.98 Å². The predicted octanol–water partition coefficient (Wildman–Crippen LogP) is 3.20. The fraction of sp³-hybridized carbons (Fsp3) is 0.348. The van der Waals surface area contributed by atoms with Crippen LogP contribution in [0.15, 0.2) is 48.5 Å². The number of benzene rings is 1. The molecule has 3 aromatic rings. The number of hydrogen-bond acceptors (Lipinski definition) is 9. The molecule has 2 aromatic heterocycles. The molecule has 4 rings (SSSR count). The first-order valence-corrected chi connectivity index (χ1v) is 12.4. The number of rotatable bonds is 8. The fourth-order valence-corrected chi connectivity index (χ4v) is 5.68. The number of nitrogens with zero attached hydrogens (tertiary/aromatic N) is 1. The lowest BCUT2D eigenvalue weighted by Gasteiger charge is -2.40. The summed E-state index contributed by atoms with van der Waals surface area (Å²) in [5.41, 5.74) is 1.19. The van der Waals surface area contributed by atoms with Crippen molar-refractivity contribution in [3.8, 4) is 15.5 Å². The van der Waals surface area contributed by atoms with Gasteiger partial charge in [0, 0.05) is 28.1 Å². The highest BCUT2D eigenvalue weighted by Gasteiger charge is 2.45. The second-order valence-corrected chi connectivity index (χ2v) is 10.1. The Balaban J connectivity index is 1.68. The van der Waals surface area contributed by atoms with Gasteiger partial charge in [0.25, 0.3) is 0 Å². The third-order valence-corrected chi connectivity index (χ3v) is 7.81. The van der Waals surface area contributed by atoms with Crippen LogP contribution in [0.25, 0.3) is 9.75 Å². The molecule has 1 aliphatic rings. The molecule has 1 aromatic carbocycles. The zero-order valence-corrected chi connectivity index (χ0v) is 19.9. The molecule has 0 spiro atoms. The highest BCUT2D eigenvalue weighted by Crippen LogP contribution is 2.40. The summed E-state index contributed by atoms with van der Waals surface area (Å²) < 4.78 is 11.5. The van der Waals surface area contributed by atoms with Gasteiger partial charge >= 0.3 is 0 Å². The normalized spacial score (nSPS) is 25.2. The van der Waals surface area contributed by atoms with Gasteiger partial charge in [0.15, 0.2) is 0 Å². The van der Waals surface area contributed by atoms with E-state index >= 15 is 0 Å². The fourth-order valence-electron chi connectivity index (χ4n) is 3.70. The van der Waals surface area contributed by atoms with Crippen LogP contribution in [-0.2, 0) is 11.2 Å². The molecule has 1 saturated heterocycles. The summed E-state index contributed by atoms with van der Waals surface area (Å²) in [6.07, 6.45) is -2.62. The summed E-state index contributed by atoms with van der Waals surface area (Å²) in [5, 5.41) is 44.0. The third-order valence-electron chi connectivity index (χ3n) is 5.39. The first-order chi connectivity index (χ1) is 15.9. The third kappa shape index (κ3) is 5.16. The molecule has 1 fully saturated rings. The van der Waals surface area contributed by atoms with Gasteiger partial charge < -0.3 is 29.9 Å². The van der Waals surface area contributed by atoms with E-state index in [0.717, 1.165) is 20.3 Å². The number of aromatic nitrogens is 1. The standard InChI is InChI=1S/C23H24ClNO6S2/c1-2-5-30-15-9-14(24)12(8-19-25-10-18(33-19)17-4-3-6-32-17)7-13(15)23-22(29)21(28)20(27)16(11-26)31-23/h2-4,6-7,9-10,16,20-23,26-29H,1,5,8,11H2/t16-,20-,21+,22-,23+/m1/s1. The molecule has 0 saturated carbocycles. The average molecular weight is 510 g/mol. The van der Waals surface area contributed by atoms with Gasteiger partial charge in [-0.1, -0.05) is 30.3 Å². The van der Waals surface area contributed by atoms with Crippen LogP contribution in [0.3, 0.4) is 0 Å². The van der Waals surface area contributed by atoms with E-state index < -0.39 is 37.1 Å². The van der Waals surface area contributed by atoms with Crippen LogP contribution in [-0.4, -0.2) is 63.0 Å². The van der Waals surface area contributed by atoms with E-state index in [-0.39, 0.29) is 6.61 Å². The van der Waals surface area contributed by atoms with Crippen LogP contribution in [0.1, 0.15) is 22.2 Å². The Morgan fingerprint density at radius 2 is 2.00 bits per heavy atom. The summed E-state index contributed by atoms with van der Waals surface area (Å²) in [4.78, 5) is 6.73. The first kappa shape index (κ1) is 24.3. The molecule has 0 unspecified atom stereocenters. The minimum atomic E-state index is -1.50. The highest BCUT2D eigenvalue weighted by molar-refractivity contribution is 7.21. The number of hydrogen-bond donors (Lipinski definition) is 4. The topological polar surface area (TPSA) is 112 Å². The lowest BCUT2D eigenvalue weighted by Crippen LogP contribution is -2.55. The lowest BCUT2D eigenvalue weighted by molar-refractivity contribution is -0.232. The average Bonchev–Trinajstić information content (AvgIpc) is 3.50. The summed E-state index contributed by atoms with van der Waals surface area (Å²) >= 11 is 9.77. The van der Waals surface area contributed by atoms with Crippen LogP contribution in [0.2, 0.25) is 5.02 Å². The molecule has 0 radical (unpaired) electrons. The van der Waals surface area contributed by atoms with Crippen LogP contribution in [0.5, 0.6) is 5.75 Å². The molecular weight excluding hydrogens is 486 g/mol. The Hall–Kier alpha value is -1.82. The molecule has 0 bridgehead atoms. The summed E-state index contributed by atoms with van der Waals surface area (Å²) in [6, 6.07) is 7.41. The minimum absolute atomic E-state index is 0.191. The van der Waals surface area contributed by atoms with Crippen molar-refractivity contribution in [2.75, 3.05) is 13.2 Å². The van der Waals surface area contributed by atoms with Gasteiger partial charge in [0.2, 0.25) is 0 Å². The molecule has 10 heteroatoms. The Kier molecular flexibility index (Phi) is 7.83. The number of aliphatic hydroxyl groups excluding tert-OH is 4. The first-order valence-electron chi connectivity index (χ1n) is 10.3. The molecule has 1 aliphatic heterocycles. The van der Waals surface area contributed by atoms with Crippen molar-refractivity contribution >= 4 is 34.3 Å². The highest BCUT2D eigenvalue weighted by atomic mass is 35.5. The van der Waals surface area contributed by atoms with Crippen molar-refractivity contribution in [3.63, 3.8) is 0 Å². The quantitative estimate of drug-likeness (QED) is 0.345.